The molecule has 0 bridgehead atoms. The second kappa shape index (κ2) is 4.79. The molecule has 0 amide bonds. The van der Waals surface area contributed by atoms with Crippen molar-refractivity contribution >= 4 is 17.2 Å². The van der Waals surface area contributed by atoms with Crippen LogP contribution in [0.5, 0.6) is 0 Å². The van der Waals surface area contributed by atoms with E-state index in [1.165, 1.54) is 6.92 Å². The number of benzene rings is 1. The molecule has 1 rings (SSSR count). The smallest absolute Gasteiger partial charge is 0.161 e. The van der Waals surface area contributed by atoms with Crippen LogP contribution in [0.4, 0.5) is 11.4 Å². The molecule has 82 valence electrons. The van der Waals surface area contributed by atoms with Gasteiger partial charge in [0.05, 0.1) is 6.10 Å². The number of anilines is 2. The molecule has 1 atom stereocenters. The molecule has 0 saturated heterocycles. The molecular weight excluding hydrogens is 192 g/mol. The van der Waals surface area contributed by atoms with Gasteiger partial charge in [0, 0.05) is 23.5 Å². The molecule has 4 heteroatoms. The maximum atomic E-state index is 11.1. The Kier molecular flexibility index (Phi) is 3.68. The van der Waals surface area contributed by atoms with Crippen molar-refractivity contribution in [2.75, 3.05) is 17.6 Å². The third-order valence-corrected chi connectivity index (χ3v) is 2.03. The zero-order chi connectivity index (χ0) is 11.4. The number of rotatable bonds is 4. The van der Waals surface area contributed by atoms with Crippen LogP contribution in [0.2, 0.25) is 0 Å². The molecule has 0 fully saturated rings. The first-order chi connectivity index (χ1) is 7.00. The van der Waals surface area contributed by atoms with E-state index < -0.39 is 6.10 Å². The number of carbonyl (C=O) groups is 1. The summed E-state index contributed by atoms with van der Waals surface area (Å²) in [6, 6.07) is 5.15. The highest BCUT2D eigenvalue weighted by Crippen LogP contribution is 2.18. The number of ketones is 1. The van der Waals surface area contributed by atoms with Crippen LogP contribution in [0.3, 0.4) is 0 Å². The van der Waals surface area contributed by atoms with Gasteiger partial charge in [-0.15, -0.1) is 0 Å². The highest BCUT2D eigenvalue weighted by Gasteiger charge is 2.05. The van der Waals surface area contributed by atoms with Crippen molar-refractivity contribution in [2.45, 2.75) is 20.0 Å². The van der Waals surface area contributed by atoms with Gasteiger partial charge in [-0.2, -0.15) is 0 Å². The Bertz CT molecular complexity index is 362. The Morgan fingerprint density at radius 3 is 2.73 bits per heavy atom. The second-order valence-electron chi connectivity index (χ2n) is 3.59. The zero-order valence-electron chi connectivity index (χ0n) is 8.95. The van der Waals surface area contributed by atoms with Gasteiger partial charge in [-0.05, 0) is 32.0 Å². The van der Waals surface area contributed by atoms with Crippen molar-refractivity contribution in [3.63, 3.8) is 0 Å². The fourth-order valence-electron chi connectivity index (χ4n) is 1.26. The lowest BCUT2D eigenvalue weighted by Crippen LogP contribution is -2.15. The van der Waals surface area contributed by atoms with Crippen LogP contribution in [0, 0.1) is 0 Å². The number of nitrogen functional groups attached to an aromatic ring is 1. The van der Waals surface area contributed by atoms with Crippen molar-refractivity contribution in [1.82, 2.24) is 0 Å². The van der Waals surface area contributed by atoms with Crippen molar-refractivity contribution in [3.8, 4) is 0 Å². The van der Waals surface area contributed by atoms with Gasteiger partial charge in [0.1, 0.15) is 0 Å². The first-order valence-corrected chi connectivity index (χ1v) is 4.83. The van der Waals surface area contributed by atoms with E-state index in [-0.39, 0.29) is 5.78 Å². The van der Waals surface area contributed by atoms with Crippen molar-refractivity contribution in [2.24, 2.45) is 0 Å². The molecule has 1 unspecified atom stereocenters. The summed E-state index contributed by atoms with van der Waals surface area (Å²) >= 11 is 0. The molecule has 15 heavy (non-hydrogen) atoms. The predicted octanol–water partition coefficient (Wildman–Crippen LogP) is 1.26. The summed E-state index contributed by atoms with van der Waals surface area (Å²) in [5, 5.41) is 12.1. The summed E-state index contributed by atoms with van der Waals surface area (Å²) < 4.78 is 0. The Balaban J connectivity index is 2.78. The fourth-order valence-corrected chi connectivity index (χ4v) is 1.26. The molecule has 0 aliphatic heterocycles. The van der Waals surface area contributed by atoms with Gasteiger partial charge in [0.25, 0.3) is 0 Å². The molecule has 0 heterocycles. The summed E-state index contributed by atoms with van der Waals surface area (Å²) in [6.45, 7) is 3.63. The third-order valence-electron chi connectivity index (χ3n) is 2.03. The lowest BCUT2D eigenvalue weighted by atomic mass is 10.1. The summed E-state index contributed by atoms with van der Waals surface area (Å²) in [6.07, 6.45) is -0.418. The number of aliphatic hydroxyl groups excluding tert-OH is 1. The molecular formula is C11H16N2O2. The second-order valence-corrected chi connectivity index (χ2v) is 3.59. The molecule has 4 nitrogen and oxygen atoms in total. The van der Waals surface area contributed by atoms with E-state index in [1.807, 2.05) is 0 Å². The van der Waals surface area contributed by atoms with Crippen LogP contribution in [-0.4, -0.2) is 23.5 Å². The maximum Gasteiger partial charge on any atom is 0.161 e. The van der Waals surface area contributed by atoms with E-state index in [0.29, 0.717) is 17.8 Å². The van der Waals surface area contributed by atoms with Gasteiger partial charge in [-0.25, -0.2) is 0 Å². The lowest BCUT2D eigenvalue weighted by molar-refractivity contribution is 0.101. The molecule has 4 N–H and O–H groups in total. The van der Waals surface area contributed by atoms with Crippen molar-refractivity contribution in [3.05, 3.63) is 23.8 Å². The Hall–Kier alpha value is -1.55. The summed E-state index contributed by atoms with van der Waals surface area (Å²) in [4.78, 5) is 11.1. The van der Waals surface area contributed by atoms with Gasteiger partial charge < -0.3 is 16.2 Å². The molecule has 0 saturated carbocycles. The number of nitrogens with two attached hydrogens (primary N) is 1. The minimum Gasteiger partial charge on any atom is -0.398 e. The highest BCUT2D eigenvalue weighted by atomic mass is 16.3. The van der Waals surface area contributed by atoms with Crippen LogP contribution in [0.25, 0.3) is 0 Å². The van der Waals surface area contributed by atoms with Crippen molar-refractivity contribution < 1.29 is 9.90 Å². The molecule has 0 aliphatic carbocycles. The first kappa shape index (κ1) is 11.5. The van der Waals surface area contributed by atoms with E-state index in [4.69, 9.17) is 10.8 Å². The van der Waals surface area contributed by atoms with Gasteiger partial charge >= 0.3 is 0 Å². The fraction of sp³-hybridized carbons (Fsp3) is 0.364. The number of hydrogen-bond acceptors (Lipinski definition) is 4. The van der Waals surface area contributed by atoms with Gasteiger partial charge in [0.2, 0.25) is 0 Å². The van der Waals surface area contributed by atoms with E-state index in [9.17, 15) is 4.79 Å². The van der Waals surface area contributed by atoms with Crippen LogP contribution >= 0.6 is 0 Å². The normalized spacial score (nSPS) is 12.2. The lowest BCUT2D eigenvalue weighted by Gasteiger charge is -2.10. The summed E-state index contributed by atoms with van der Waals surface area (Å²) in [5.74, 6) is -0.0467. The molecule has 1 aromatic rings. The van der Waals surface area contributed by atoms with E-state index in [1.54, 1.807) is 25.1 Å². The number of aliphatic hydroxyl groups is 1. The Labute approximate surface area is 89.1 Å². The third kappa shape index (κ3) is 3.25. The molecule has 0 radical (unpaired) electrons. The van der Waals surface area contributed by atoms with Crippen LogP contribution in [0.15, 0.2) is 18.2 Å². The van der Waals surface area contributed by atoms with E-state index >= 15 is 0 Å². The quantitative estimate of drug-likeness (QED) is 0.514. The molecule has 0 aliphatic rings. The maximum absolute atomic E-state index is 11.1. The monoisotopic (exact) mass is 208 g/mol. The average molecular weight is 208 g/mol. The van der Waals surface area contributed by atoms with E-state index in [2.05, 4.69) is 5.32 Å². The van der Waals surface area contributed by atoms with Gasteiger partial charge in [-0.1, -0.05) is 0 Å². The Morgan fingerprint density at radius 2 is 2.27 bits per heavy atom. The topological polar surface area (TPSA) is 75.3 Å². The van der Waals surface area contributed by atoms with Gasteiger partial charge in [0.15, 0.2) is 5.78 Å². The Morgan fingerprint density at radius 1 is 1.60 bits per heavy atom. The number of carbonyl (C=O) groups excluding carboxylic acids is 1. The standard InChI is InChI=1S/C11H16N2O2/c1-7(14)6-13-9-3-4-10(8(2)15)11(12)5-9/h3-5,7,13-14H,6,12H2,1-2H3. The van der Waals surface area contributed by atoms with E-state index in [0.717, 1.165) is 5.69 Å². The van der Waals surface area contributed by atoms with Crippen molar-refractivity contribution in [1.29, 1.82) is 0 Å². The number of hydrogen-bond donors (Lipinski definition) is 3. The molecule has 0 spiro atoms. The van der Waals surface area contributed by atoms with Crippen LogP contribution in [-0.2, 0) is 0 Å². The zero-order valence-corrected chi connectivity index (χ0v) is 8.95. The molecule has 1 aromatic carbocycles. The first-order valence-electron chi connectivity index (χ1n) is 4.83. The molecule has 0 aromatic heterocycles. The SMILES string of the molecule is CC(=O)c1ccc(NCC(C)O)cc1N. The summed E-state index contributed by atoms with van der Waals surface area (Å²) in [5.41, 5.74) is 7.49. The van der Waals surface area contributed by atoms with Crippen LogP contribution < -0.4 is 11.1 Å². The van der Waals surface area contributed by atoms with Crippen LogP contribution in [0.1, 0.15) is 24.2 Å². The summed E-state index contributed by atoms with van der Waals surface area (Å²) in [7, 11) is 0. The number of Topliss-reactive ketones (excluding diaryl/α,β-unsaturated/α-hetero) is 1. The largest absolute Gasteiger partial charge is 0.398 e. The average Bonchev–Trinajstić information content (AvgIpc) is 2.14. The number of nitrogens with one attached hydrogen (secondary N) is 1. The predicted molar refractivity (Wildman–Crippen MR) is 61.0 cm³/mol. The van der Waals surface area contributed by atoms with Gasteiger partial charge in [-0.3, -0.25) is 4.79 Å². The highest BCUT2D eigenvalue weighted by molar-refractivity contribution is 5.99. The minimum absolute atomic E-state index is 0.0467. The minimum atomic E-state index is -0.418.